The smallest absolute Gasteiger partial charge is 0.190 e. The second-order valence-corrected chi connectivity index (χ2v) is 3.68. The van der Waals surface area contributed by atoms with Crippen LogP contribution in [0.2, 0.25) is 0 Å². The van der Waals surface area contributed by atoms with Crippen molar-refractivity contribution < 1.29 is 9.47 Å². The minimum absolute atomic E-state index is 0.315. The van der Waals surface area contributed by atoms with Gasteiger partial charge in [-0.15, -0.1) is 0 Å². The second kappa shape index (κ2) is 3.74. The molecule has 2 aliphatic rings. The van der Waals surface area contributed by atoms with Gasteiger partial charge in [-0.1, -0.05) is 0 Å². The lowest BCUT2D eigenvalue weighted by Crippen LogP contribution is -2.49. The molecule has 0 unspecified atom stereocenters. The second-order valence-electron chi connectivity index (χ2n) is 3.68. The van der Waals surface area contributed by atoms with Gasteiger partial charge in [0.05, 0.1) is 13.2 Å². The molecule has 0 aromatic rings. The van der Waals surface area contributed by atoms with Gasteiger partial charge in [0.25, 0.3) is 0 Å². The fraction of sp³-hybridized carbons (Fsp3) is 0.889. The number of hydrogen-bond donors (Lipinski definition) is 1. The minimum Gasteiger partial charge on any atom is -0.370 e. The zero-order valence-corrected chi connectivity index (χ0v) is 8.53. The predicted molar refractivity (Wildman–Crippen MR) is 53.0 cm³/mol. The van der Waals surface area contributed by atoms with Crippen molar-refractivity contribution >= 4 is 5.96 Å². The molecule has 80 valence electrons. The van der Waals surface area contributed by atoms with E-state index in [4.69, 9.17) is 15.2 Å². The van der Waals surface area contributed by atoms with Crippen LogP contribution in [0.15, 0.2) is 4.99 Å². The van der Waals surface area contributed by atoms with Gasteiger partial charge in [-0.25, -0.2) is 0 Å². The van der Waals surface area contributed by atoms with Crippen molar-refractivity contribution in [2.24, 2.45) is 10.7 Å². The average Bonchev–Trinajstić information content (AvgIpc) is 2.67. The maximum Gasteiger partial charge on any atom is 0.190 e. The molecule has 2 aliphatic heterocycles. The summed E-state index contributed by atoms with van der Waals surface area (Å²) in [5, 5.41) is 0. The number of hydrogen-bond acceptors (Lipinski definition) is 3. The molecule has 2 heterocycles. The van der Waals surface area contributed by atoms with E-state index in [-0.39, 0.29) is 5.79 Å². The van der Waals surface area contributed by atoms with Crippen LogP contribution in [0.5, 0.6) is 0 Å². The van der Waals surface area contributed by atoms with E-state index in [9.17, 15) is 0 Å². The van der Waals surface area contributed by atoms with Crippen LogP contribution < -0.4 is 5.73 Å². The molecule has 0 radical (unpaired) electrons. The Morgan fingerprint density at radius 1 is 1.29 bits per heavy atom. The fourth-order valence-corrected chi connectivity index (χ4v) is 2.00. The maximum absolute atomic E-state index is 5.73. The molecule has 2 N–H and O–H groups in total. The van der Waals surface area contributed by atoms with Gasteiger partial charge in [0.1, 0.15) is 0 Å². The monoisotopic (exact) mass is 199 g/mol. The zero-order chi connectivity index (χ0) is 10.0. The summed E-state index contributed by atoms with van der Waals surface area (Å²) in [5.74, 6) is 0.294. The first-order chi connectivity index (χ1) is 6.76. The van der Waals surface area contributed by atoms with Gasteiger partial charge in [-0.3, -0.25) is 4.99 Å². The highest BCUT2D eigenvalue weighted by Crippen LogP contribution is 2.30. The summed E-state index contributed by atoms with van der Waals surface area (Å²) in [6.45, 7) is 3.17. The molecule has 2 rings (SSSR count). The molecule has 1 spiro atoms. The lowest BCUT2D eigenvalue weighted by Gasteiger charge is -2.37. The molecule has 2 saturated heterocycles. The van der Waals surface area contributed by atoms with E-state index >= 15 is 0 Å². The minimum atomic E-state index is -0.315. The molecule has 0 saturated carbocycles. The van der Waals surface area contributed by atoms with E-state index < -0.39 is 0 Å². The number of nitrogens with zero attached hydrogens (tertiary/aromatic N) is 2. The van der Waals surface area contributed by atoms with E-state index in [1.807, 2.05) is 0 Å². The Morgan fingerprint density at radius 2 is 1.86 bits per heavy atom. The Hall–Kier alpha value is -0.810. The first-order valence-corrected chi connectivity index (χ1v) is 5.01. The van der Waals surface area contributed by atoms with Crippen molar-refractivity contribution in [2.75, 3.05) is 33.4 Å². The molecule has 0 aromatic carbocycles. The molecule has 5 heteroatoms. The largest absolute Gasteiger partial charge is 0.370 e. The summed E-state index contributed by atoms with van der Waals surface area (Å²) in [6.07, 6.45) is 1.76. The Bertz CT molecular complexity index is 226. The van der Waals surface area contributed by atoms with Crippen LogP contribution in [0, 0.1) is 0 Å². The molecule has 0 bridgehead atoms. The van der Waals surface area contributed by atoms with Crippen molar-refractivity contribution in [3.05, 3.63) is 0 Å². The van der Waals surface area contributed by atoms with Gasteiger partial charge in [-0.05, 0) is 0 Å². The van der Waals surface area contributed by atoms with Crippen molar-refractivity contribution in [1.29, 1.82) is 0 Å². The topological polar surface area (TPSA) is 60.1 Å². The normalized spacial score (nSPS) is 27.2. The summed E-state index contributed by atoms with van der Waals surface area (Å²) >= 11 is 0. The molecular weight excluding hydrogens is 182 g/mol. The Balaban J connectivity index is 1.91. The highest BCUT2D eigenvalue weighted by Gasteiger charge is 2.39. The van der Waals surface area contributed by atoms with Gasteiger partial charge in [0.2, 0.25) is 0 Å². The number of rotatable bonds is 0. The number of nitrogens with two attached hydrogens (primary N) is 1. The van der Waals surface area contributed by atoms with Crippen molar-refractivity contribution in [1.82, 2.24) is 4.90 Å². The van der Waals surface area contributed by atoms with Crippen LogP contribution in [-0.4, -0.2) is 50.0 Å². The van der Waals surface area contributed by atoms with Crippen LogP contribution in [0.25, 0.3) is 0 Å². The molecule has 14 heavy (non-hydrogen) atoms. The number of guanidine groups is 1. The first-order valence-electron chi connectivity index (χ1n) is 5.01. The van der Waals surface area contributed by atoms with E-state index in [0.717, 1.165) is 39.1 Å². The lowest BCUT2D eigenvalue weighted by atomic mass is 10.0. The molecular formula is C9H17N3O2. The van der Waals surface area contributed by atoms with E-state index in [1.54, 1.807) is 7.05 Å². The molecule has 0 aliphatic carbocycles. The van der Waals surface area contributed by atoms with E-state index in [2.05, 4.69) is 9.89 Å². The third-order valence-electron chi connectivity index (χ3n) is 2.89. The Labute approximate surface area is 83.9 Å². The lowest BCUT2D eigenvalue weighted by molar-refractivity contribution is -0.180. The predicted octanol–water partition coefficient (Wildman–Crippen LogP) is -0.230. The zero-order valence-electron chi connectivity index (χ0n) is 8.53. The Kier molecular flexibility index (Phi) is 2.60. The first kappa shape index (κ1) is 9.73. The molecule has 5 nitrogen and oxygen atoms in total. The number of likely N-dealkylation sites (tertiary alicyclic amines) is 1. The highest BCUT2D eigenvalue weighted by molar-refractivity contribution is 5.77. The summed E-state index contributed by atoms with van der Waals surface area (Å²) in [7, 11) is 1.71. The average molecular weight is 199 g/mol. The van der Waals surface area contributed by atoms with Gasteiger partial charge in [0.15, 0.2) is 11.7 Å². The van der Waals surface area contributed by atoms with Gasteiger partial charge < -0.3 is 20.1 Å². The van der Waals surface area contributed by atoms with Crippen LogP contribution in [0.4, 0.5) is 0 Å². The van der Waals surface area contributed by atoms with Crippen molar-refractivity contribution in [3.8, 4) is 0 Å². The standard InChI is InChI=1S/C9H17N3O2/c1-11-8(10)12-4-2-9(3-5-12)13-6-7-14-9/h2-7H2,1H3,(H2,10,11). The van der Waals surface area contributed by atoms with Crippen LogP contribution in [-0.2, 0) is 9.47 Å². The number of piperidine rings is 1. The molecule has 0 amide bonds. The van der Waals surface area contributed by atoms with E-state index in [0.29, 0.717) is 5.96 Å². The Morgan fingerprint density at radius 3 is 2.36 bits per heavy atom. The van der Waals surface area contributed by atoms with Crippen molar-refractivity contribution in [2.45, 2.75) is 18.6 Å². The van der Waals surface area contributed by atoms with Gasteiger partial charge >= 0.3 is 0 Å². The van der Waals surface area contributed by atoms with E-state index in [1.165, 1.54) is 0 Å². The highest BCUT2D eigenvalue weighted by atomic mass is 16.7. The van der Waals surface area contributed by atoms with Crippen LogP contribution >= 0.6 is 0 Å². The summed E-state index contributed by atoms with van der Waals surface area (Å²) in [5.41, 5.74) is 5.73. The number of ether oxygens (including phenoxy) is 2. The summed E-state index contributed by atoms with van der Waals surface area (Å²) in [6, 6.07) is 0. The number of aliphatic imine (C=N–C) groups is 1. The molecule has 2 fully saturated rings. The van der Waals surface area contributed by atoms with Crippen molar-refractivity contribution in [3.63, 3.8) is 0 Å². The van der Waals surface area contributed by atoms with Gasteiger partial charge in [0, 0.05) is 33.0 Å². The van der Waals surface area contributed by atoms with Crippen LogP contribution in [0.3, 0.4) is 0 Å². The molecule has 0 atom stereocenters. The summed E-state index contributed by atoms with van der Waals surface area (Å²) in [4.78, 5) is 6.03. The van der Waals surface area contributed by atoms with Gasteiger partial charge in [-0.2, -0.15) is 0 Å². The third kappa shape index (κ3) is 1.69. The fourth-order valence-electron chi connectivity index (χ4n) is 2.00. The third-order valence-corrected chi connectivity index (χ3v) is 2.89. The molecule has 0 aromatic heterocycles. The quantitative estimate of drug-likeness (QED) is 0.432. The SMILES string of the molecule is CN=C(N)N1CCC2(CC1)OCCO2. The summed E-state index contributed by atoms with van der Waals surface area (Å²) < 4.78 is 11.2. The van der Waals surface area contributed by atoms with Crippen LogP contribution in [0.1, 0.15) is 12.8 Å². The maximum atomic E-state index is 5.73.